The van der Waals surface area contributed by atoms with Crippen LogP contribution < -0.4 is 0 Å². The van der Waals surface area contributed by atoms with Gasteiger partial charge in [-0.1, -0.05) is 132 Å². The SMILES string of the molecule is CC(=O)C=C(C)O.CC(=O)C=C(C)O.FC(F)(F)c1c[c-]c(-c2ccccn2)cc1.[Ir].[Ir].[Ir].[Ir].[Ir].[Pt].[c-]1ccccc1-c1ccccn1.[c-]1ccccc1-c1ccccn1.[c-]1ccccc1-c1ccccn1.[c-]1ccccc1-c1nc2ccccc2o1.[c-]1ccccc1-c1nccc2ccccc12.[c-]1ccccc1-c1nccc2ccccc12.[c-]1ccsc1-c1ccccn1. The summed E-state index contributed by atoms with van der Waals surface area (Å²) in [4.78, 5) is 55.3. The molecule has 10 aromatic carbocycles. The van der Waals surface area contributed by atoms with E-state index in [1.54, 1.807) is 60.5 Å². The van der Waals surface area contributed by atoms with Crippen LogP contribution >= 0.6 is 11.3 Å². The van der Waals surface area contributed by atoms with Crippen LogP contribution in [0.25, 0.3) is 122 Å². The number of carbonyl (C=O) groups excluding carboxylic acids is 2. The van der Waals surface area contributed by atoms with E-state index >= 15 is 0 Å². The standard InChI is InChI=1S/2C15H10N.C13H8NO.C12H7F3N.3C11H8N.C9H6NS.2C5H8O2.5Ir.Pt/c2*1-2-7-13(8-3-1)15-14-9-5-4-6-12(14)10-11-16-15;1-2-6-10(7-3-1)13-14-11-8-4-5-9-12(11)15-13;13-12(14,15)10-6-4-9(5-7-10)11-3-1-2-8-16-11;3*1-2-6-10(7-3-1)11-8-4-5-9-12-11;1-2-6-10-8(4-1)9-5-3-7-11-9;2*1-4(6)3-5(2)7;;;;;;/h2*1-7,9-11H;1-6,8-9H;1-4,6-8H;3*1-6,8-9H;1-4,6-7H;2*3,6H,1-2H3;;;;;;/q8*-1;;;;;;;;. The molecule has 9 heterocycles. The molecule has 23 heteroatoms. The van der Waals surface area contributed by atoms with E-state index < -0.39 is 11.7 Å². The van der Waals surface area contributed by atoms with E-state index in [0.717, 1.165) is 95.7 Å². The number of ketones is 2. The first-order chi connectivity index (χ1) is 60.5. The number of allylic oxidation sites excluding steroid dienone is 4. The minimum atomic E-state index is -4.32. The van der Waals surface area contributed by atoms with Gasteiger partial charge in [0.15, 0.2) is 11.6 Å². The van der Waals surface area contributed by atoms with Crippen LogP contribution in [-0.4, -0.2) is 61.7 Å². The Morgan fingerprint density at radius 1 is 0.338 bits per heavy atom. The van der Waals surface area contributed by atoms with Crippen LogP contribution in [0.15, 0.2) is 423 Å². The maximum Gasteiger partial charge on any atom is 0.381 e. The smallest absolute Gasteiger partial charge is 0.381 e. The van der Waals surface area contributed by atoms with Crippen LogP contribution in [0, 0.1) is 48.5 Å². The molecule has 0 bridgehead atoms. The van der Waals surface area contributed by atoms with E-state index in [2.05, 4.69) is 113 Å². The Kier molecular flexibility index (Phi) is 52.3. The number of rotatable bonds is 10. The van der Waals surface area contributed by atoms with Crippen LogP contribution in [0.3, 0.4) is 0 Å². The Labute approximate surface area is 841 Å². The fraction of sp³-hybridized carbons (Fsp3) is 0.0467. The van der Waals surface area contributed by atoms with E-state index in [0.29, 0.717) is 17.1 Å². The molecule has 0 atom stereocenters. The van der Waals surface area contributed by atoms with Crippen LogP contribution in [0.1, 0.15) is 33.3 Å². The summed E-state index contributed by atoms with van der Waals surface area (Å²) in [6.45, 7) is 5.70. The van der Waals surface area contributed by atoms with Gasteiger partial charge in [-0.2, -0.15) is 25.3 Å². The number of aromatic nitrogens is 8. The second kappa shape index (κ2) is 61.6. The molecule has 0 aliphatic heterocycles. The number of thiophene rings is 1. The van der Waals surface area contributed by atoms with Crippen LogP contribution in [-0.2, 0) is 137 Å². The zero-order valence-corrected chi connectivity index (χ0v) is 85.0. The molecule has 0 aliphatic rings. The topological polar surface area (TPSA) is 191 Å². The van der Waals surface area contributed by atoms with Gasteiger partial charge in [0.1, 0.15) is 11.5 Å². The molecular formula is C107H81F3Ir5N8O5PtS-8. The van der Waals surface area contributed by atoms with E-state index in [9.17, 15) is 22.8 Å². The number of aliphatic hydroxyl groups is 2. The number of nitrogens with zero attached hydrogens (tertiary/aromatic N) is 8. The Hall–Kier alpha value is -11.9. The number of hydrogen-bond donors (Lipinski definition) is 2. The van der Waals surface area contributed by atoms with Crippen LogP contribution in [0.5, 0.6) is 0 Å². The molecule has 19 rings (SSSR count). The van der Waals surface area contributed by atoms with Crippen molar-refractivity contribution >= 4 is 55.5 Å². The van der Waals surface area contributed by atoms with Gasteiger partial charge in [-0.3, -0.25) is 14.6 Å². The van der Waals surface area contributed by atoms with Crippen molar-refractivity contribution in [1.82, 2.24) is 39.9 Å². The van der Waals surface area contributed by atoms with E-state index in [1.807, 2.05) is 303 Å². The Bertz CT molecular complexity index is 5900. The summed E-state index contributed by atoms with van der Waals surface area (Å²) < 4.78 is 42.5. The first kappa shape index (κ1) is 110. The van der Waals surface area contributed by atoms with E-state index in [1.165, 1.54) is 67.5 Å². The van der Waals surface area contributed by atoms with Crippen LogP contribution in [0.4, 0.5) is 13.2 Å². The average Bonchev–Trinajstić information content (AvgIpc) is 1.07. The predicted octanol–water partition coefficient (Wildman–Crippen LogP) is 26.6. The maximum atomic E-state index is 12.3. The molecule has 9 aromatic heterocycles. The van der Waals surface area contributed by atoms with E-state index in [4.69, 9.17) is 14.6 Å². The molecule has 0 spiro atoms. The van der Waals surface area contributed by atoms with Crippen molar-refractivity contribution in [1.29, 1.82) is 0 Å². The summed E-state index contributed by atoms with van der Waals surface area (Å²) in [5.74, 6) is 0.497. The second-order valence-corrected chi connectivity index (χ2v) is 27.1. The number of halogens is 3. The number of aliphatic hydroxyl groups excluding tert-OH is 2. The van der Waals surface area contributed by atoms with Gasteiger partial charge >= 0.3 is 6.18 Å². The van der Waals surface area contributed by atoms with Gasteiger partial charge in [-0.15, -0.1) is 245 Å². The maximum absolute atomic E-state index is 12.3. The fourth-order valence-corrected chi connectivity index (χ4v) is 11.9. The Morgan fingerprint density at radius 3 is 0.969 bits per heavy atom. The summed E-state index contributed by atoms with van der Waals surface area (Å²) in [6, 6.07) is 134. The monoisotopic (exact) mass is 2810 g/mol. The van der Waals surface area contributed by atoms with Gasteiger partial charge in [0.2, 0.25) is 0 Å². The third-order valence-electron chi connectivity index (χ3n) is 16.7. The molecule has 5 radical (unpaired) electrons. The summed E-state index contributed by atoms with van der Waals surface area (Å²) in [5, 5.41) is 23.5. The fourth-order valence-electron chi connectivity index (χ4n) is 11.2. The summed E-state index contributed by atoms with van der Waals surface area (Å²) in [5.41, 5.74) is 14.1. The second-order valence-electron chi connectivity index (χ2n) is 26.2. The zero-order valence-electron chi connectivity index (χ0n) is 69.9. The molecule has 0 saturated heterocycles. The van der Waals surface area contributed by atoms with Crippen molar-refractivity contribution < 1.29 is 159 Å². The van der Waals surface area contributed by atoms with Gasteiger partial charge in [-0.05, 0) is 149 Å². The van der Waals surface area contributed by atoms with Crippen molar-refractivity contribution in [3.05, 3.63) is 472 Å². The van der Waals surface area contributed by atoms with Gasteiger partial charge in [0.25, 0.3) is 0 Å². The number of benzene rings is 10. The molecular weight excluding hydrogens is 2720 g/mol. The molecule has 2 N–H and O–H groups in total. The molecule has 0 unspecified atom stereocenters. The van der Waals surface area contributed by atoms with Crippen molar-refractivity contribution in [3.8, 4) is 89.6 Å². The van der Waals surface area contributed by atoms with Crippen molar-refractivity contribution in [2.24, 2.45) is 0 Å². The van der Waals surface area contributed by atoms with Gasteiger partial charge in [0.05, 0.1) is 17.0 Å². The molecule has 0 fully saturated rings. The zero-order chi connectivity index (χ0) is 87.2. The quantitative estimate of drug-likeness (QED) is 0.0748. The largest absolute Gasteiger partial charge is 0.512 e. The van der Waals surface area contributed by atoms with Gasteiger partial charge in [-0.25, -0.2) is 11.3 Å². The van der Waals surface area contributed by atoms with Crippen molar-refractivity contribution in [3.63, 3.8) is 0 Å². The third kappa shape index (κ3) is 38.4. The Balaban J connectivity index is 0.000000304. The number of alkyl halides is 3. The number of fused-ring (bicyclic) bond motifs is 3. The number of hydrogen-bond acceptors (Lipinski definition) is 14. The summed E-state index contributed by atoms with van der Waals surface area (Å²) in [7, 11) is 0. The molecule has 19 aromatic rings. The minimum absolute atomic E-state index is 0. The number of para-hydroxylation sites is 2. The number of pyridine rings is 7. The van der Waals surface area contributed by atoms with Gasteiger partial charge in [0, 0.05) is 177 Å². The predicted molar refractivity (Wildman–Crippen MR) is 490 cm³/mol. The number of oxazole rings is 1. The first-order valence-corrected chi connectivity index (χ1v) is 39.6. The van der Waals surface area contributed by atoms with Crippen molar-refractivity contribution in [2.75, 3.05) is 0 Å². The molecule has 669 valence electrons. The van der Waals surface area contributed by atoms with Gasteiger partial charge < -0.3 is 49.5 Å². The first-order valence-electron chi connectivity index (χ1n) is 38.7. The minimum Gasteiger partial charge on any atom is -0.512 e. The van der Waals surface area contributed by atoms with Crippen LogP contribution in [0.2, 0.25) is 0 Å². The number of carbonyl (C=O) groups is 2. The third-order valence-corrected chi connectivity index (χ3v) is 17.6. The van der Waals surface area contributed by atoms with Crippen molar-refractivity contribution in [2.45, 2.75) is 33.9 Å². The molecule has 130 heavy (non-hydrogen) atoms. The molecule has 0 aliphatic carbocycles. The Morgan fingerprint density at radius 2 is 0.669 bits per heavy atom. The summed E-state index contributed by atoms with van der Waals surface area (Å²) in [6.07, 6.45) is 10.4. The summed E-state index contributed by atoms with van der Waals surface area (Å²) >= 11 is 1.66. The molecule has 0 saturated carbocycles. The van der Waals surface area contributed by atoms with E-state index in [-0.39, 0.29) is 145 Å². The molecule has 13 nitrogen and oxygen atoms in total. The normalized spacial score (nSPS) is 9.96. The average molecular weight is 2800 g/mol. The molecule has 0 amide bonds.